The number of benzene rings is 3. The van der Waals surface area contributed by atoms with E-state index in [4.69, 9.17) is 4.74 Å². The zero-order valence-electron chi connectivity index (χ0n) is 25.0. The fraction of sp³-hybridized carbons (Fsp3) is 0.400. The monoisotopic (exact) mass is 650 g/mol. The highest BCUT2D eigenvalue weighted by molar-refractivity contribution is 9.10. The van der Waals surface area contributed by atoms with Crippen LogP contribution in [0.5, 0.6) is 11.5 Å². The Morgan fingerprint density at radius 3 is 1.98 bits per heavy atom. The SMILES string of the molecule is CCCCCCCCCCCCNC(=O)c1ccc(CN(Cc2ccc(Oc3ccccc3)cc2)C(=O)C(=O)O)c(Br)c1. The van der Waals surface area contributed by atoms with Crippen LogP contribution in [-0.2, 0) is 22.7 Å². The summed E-state index contributed by atoms with van der Waals surface area (Å²) in [5.41, 5.74) is 1.96. The second-order valence-corrected chi connectivity index (χ2v) is 11.6. The minimum absolute atomic E-state index is 0.0640. The Morgan fingerprint density at radius 1 is 0.767 bits per heavy atom. The van der Waals surface area contributed by atoms with Crippen LogP contribution in [0.3, 0.4) is 0 Å². The molecule has 7 nitrogen and oxygen atoms in total. The van der Waals surface area contributed by atoms with Crippen LogP contribution in [-0.4, -0.2) is 34.3 Å². The molecule has 8 heteroatoms. The van der Waals surface area contributed by atoms with E-state index >= 15 is 0 Å². The Bertz CT molecular complexity index is 1300. The summed E-state index contributed by atoms with van der Waals surface area (Å²) in [5.74, 6) is -1.34. The first-order valence-electron chi connectivity index (χ1n) is 15.3. The summed E-state index contributed by atoms with van der Waals surface area (Å²) < 4.78 is 6.45. The van der Waals surface area contributed by atoms with Crippen molar-refractivity contribution < 1.29 is 24.2 Å². The Morgan fingerprint density at radius 2 is 1.37 bits per heavy atom. The third-order valence-electron chi connectivity index (χ3n) is 7.24. The number of hydrogen-bond acceptors (Lipinski definition) is 4. The molecule has 0 radical (unpaired) electrons. The van der Waals surface area contributed by atoms with Gasteiger partial charge >= 0.3 is 11.9 Å². The normalized spacial score (nSPS) is 10.7. The van der Waals surface area contributed by atoms with Gasteiger partial charge < -0.3 is 20.1 Å². The molecule has 0 saturated heterocycles. The van der Waals surface area contributed by atoms with Crippen LogP contribution in [0.25, 0.3) is 0 Å². The molecule has 0 atom stereocenters. The van der Waals surface area contributed by atoms with Crippen LogP contribution in [0.15, 0.2) is 77.3 Å². The molecule has 0 aliphatic carbocycles. The molecule has 0 aliphatic heterocycles. The van der Waals surface area contributed by atoms with Gasteiger partial charge in [-0.15, -0.1) is 0 Å². The van der Waals surface area contributed by atoms with Crippen molar-refractivity contribution >= 4 is 33.7 Å². The minimum atomic E-state index is -1.52. The Hall–Kier alpha value is -3.65. The lowest BCUT2D eigenvalue weighted by Crippen LogP contribution is -2.35. The highest BCUT2D eigenvalue weighted by atomic mass is 79.9. The molecule has 2 N–H and O–H groups in total. The maximum absolute atomic E-state index is 12.7. The van der Waals surface area contributed by atoms with E-state index < -0.39 is 11.9 Å². The number of nitrogens with one attached hydrogen (secondary N) is 1. The quantitative estimate of drug-likeness (QED) is 0.106. The molecular weight excluding hydrogens is 608 g/mol. The lowest BCUT2D eigenvalue weighted by Gasteiger charge is -2.22. The first kappa shape index (κ1) is 33.8. The summed E-state index contributed by atoms with van der Waals surface area (Å²) in [6, 6.07) is 21.7. The van der Waals surface area contributed by atoms with E-state index in [2.05, 4.69) is 28.2 Å². The molecule has 230 valence electrons. The number of carboxylic acid groups (broad SMARTS) is 1. The Labute approximate surface area is 263 Å². The zero-order valence-corrected chi connectivity index (χ0v) is 26.6. The van der Waals surface area contributed by atoms with E-state index in [1.807, 2.05) is 30.3 Å². The first-order chi connectivity index (χ1) is 20.9. The summed E-state index contributed by atoms with van der Waals surface area (Å²) in [5, 5.41) is 12.4. The number of carboxylic acids is 1. The molecule has 0 heterocycles. The number of halogens is 1. The highest BCUT2D eigenvalue weighted by Crippen LogP contribution is 2.24. The fourth-order valence-corrected chi connectivity index (χ4v) is 5.29. The van der Waals surface area contributed by atoms with Crippen molar-refractivity contribution in [3.63, 3.8) is 0 Å². The lowest BCUT2D eigenvalue weighted by molar-refractivity contribution is -0.156. The van der Waals surface area contributed by atoms with Gasteiger partial charge in [-0.05, 0) is 53.9 Å². The van der Waals surface area contributed by atoms with Crippen molar-refractivity contribution in [1.82, 2.24) is 10.2 Å². The summed E-state index contributed by atoms with van der Waals surface area (Å²) in [6.07, 6.45) is 12.4. The maximum atomic E-state index is 12.7. The van der Waals surface area contributed by atoms with Gasteiger partial charge in [-0.25, -0.2) is 4.79 Å². The molecule has 3 rings (SSSR count). The van der Waals surface area contributed by atoms with Gasteiger partial charge in [0.25, 0.3) is 5.91 Å². The standard InChI is InChI=1S/C35H43BrN2O5/c1-2-3-4-5-6-7-8-9-10-14-23-37-33(39)28-19-20-29(32(36)24-28)26-38(34(40)35(41)42)25-27-17-21-31(22-18-27)43-30-15-12-11-13-16-30/h11-13,15-22,24H,2-10,14,23,25-26H2,1H3,(H,37,39)(H,41,42). The predicted octanol–water partition coefficient (Wildman–Crippen LogP) is 8.51. The van der Waals surface area contributed by atoms with Crippen molar-refractivity contribution in [2.45, 2.75) is 84.2 Å². The topological polar surface area (TPSA) is 95.9 Å². The molecule has 0 saturated carbocycles. The van der Waals surface area contributed by atoms with E-state index in [1.54, 1.807) is 42.5 Å². The number of amides is 2. The number of ether oxygens (including phenoxy) is 1. The minimum Gasteiger partial charge on any atom is -0.474 e. The summed E-state index contributed by atoms with van der Waals surface area (Å²) in [6.45, 7) is 3.03. The van der Waals surface area contributed by atoms with Gasteiger partial charge in [-0.2, -0.15) is 0 Å². The second kappa shape index (κ2) is 18.8. The second-order valence-electron chi connectivity index (χ2n) is 10.8. The molecule has 2 amide bonds. The third kappa shape index (κ3) is 12.2. The largest absolute Gasteiger partial charge is 0.474 e. The molecule has 0 bridgehead atoms. The van der Waals surface area contributed by atoms with Crippen molar-refractivity contribution in [3.8, 4) is 11.5 Å². The number of hydrogen-bond donors (Lipinski definition) is 2. The Kier molecular flexibility index (Phi) is 14.8. The van der Waals surface area contributed by atoms with E-state index in [0.717, 1.165) is 18.4 Å². The molecule has 0 fully saturated rings. The van der Waals surface area contributed by atoms with Gasteiger partial charge in [0.2, 0.25) is 0 Å². The van der Waals surface area contributed by atoms with Gasteiger partial charge in [-0.3, -0.25) is 9.59 Å². The van der Waals surface area contributed by atoms with Gasteiger partial charge in [-0.1, -0.05) is 117 Å². The van der Waals surface area contributed by atoms with E-state index in [-0.39, 0.29) is 19.0 Å². The lowest BCUT2D eigenvalue weighted by atomic mass is 10.1. The smallest absolute Gasteiger partial charge is 0.394 e. The van der Waals surface area contributed by atoms with Crippen LogP contribution in [0.2, 0.25) is 0 Å². The van der Waals surface area contributed by atoms with E-state index in [1.165, 1.54) is 56.3 Å². The number of nitrogens with zero attached hydrogens (tertiary/aromatic N) is 1. The third-order valence-corrected chi connectivity index (χ3v) is 7.98. The number of unbranched alkanes of at least 4 members (excludes halogenated alkanes) is 9. The zero-order chi connectivity index (χ0) is 30.9. The van der Waals surface area contributed by atoms with Crippen LogP contribution in [0, 0.1) is 0 Å². The molecule has 0 aromatic heterocycles. The van der Waals surface area contributed by atoms with Gasteiger partial charge in [0.15, 0.2) is 0 Å². The predicted molar refractivity (Wildman–Crippen MR) is 173 cm³/mol. The van der Waals surface area contributed by atoms with Gasteiger partial charge in [0.05, 0.1) is 0 Å². The molecular formula is C35H43BrN2O5. The van der Waals surface area contributed by atoms with Crippen LogP contribution in [0.1, 0.15) is 92.6 Å². The van der Waals surface area contributed by atoms with Crippen molar-refractivity contribution in [1.29, 1.82) is 0 Å². The molecule has 0 unspecified atom stereocenters. The molecule has 43 heavy (non-hydrogen) atoms. The van der Waals surface area contributed by atoms with Crippen molar-refractivity contribution in [2.24, 2.45) is 0 Å². The maximum Gasteiger partial charge on any atom is 0.394 e. The molecule has 3 aromatic carbocycles. The van der Waals surface area contributed by atoms with Gasteiger partial charge in [0, 0.05) is 29.7 Å². The Balaban J connectivity index is 1.48. The number of carbonyl (C=O) groups excluding carboxylic acids is 2. The van der Waals surface area contributed by atoms with Crippen LogP contribution in [0.4, 0.5) is 0 Å². The van der Waals surface area contributed by atoms with Crippen molar-refractivity contribution in [2.75, 3.05) is 6.54 Å². The summed E-state index contributed by atoms with van der Waals surface area (Å²) in [7, 11) is 0. The average molecular weight is 652 g/mol. The number of aliphatic carboxylic acids is 1. The first-order valence-corrected chi connectivity index (χ1v) is 16.1. The van der Waals surface area contributed by atoms with E-state index in [9.17, 15) is 19.5 Å². The number of carbonyl (C=O) groups is 3. The highest BCUT2D eigenvalue weighted by Gasteiger charge is 2.22. The molecule has 3 aromatic rings. The van der Waals surface area contributed by atoms with Crippen molar-refractivity contribution in [3.05, 3.63) is 94.0 Å². The van der Waals surface area contributed by atoms with Crippen LogP contribution >= 0.6 is 15.9 Å². The molecule has 0 spiro atoms. The van der Waals surface area contributed by atoms with Crippen LogP contribution < -0.4 is 10.1 Å². The summed E-state index contributed by atoms with van der Waals surface area (Å²) >= 11 is 3.51. The number of rotatable bonds is 18. The average Bonchev–Trinajstić information content (AvgIpc) is 3.01. The van der Waals surface area contributed by atoms with E-state index in [0.29, 0.717) is 33.6 Å². The fourth-order valence-electron chi connectivity index (χ4n) is 4.78. The molecule has 0 aliphatic rings. The van der Waals surface area contributed by atoms with Gasteiger partial charge in [0.1, 0.15) is 11.5 Å². The summed E-state index contributed by atoms with van der Waals surface area (Å²) in [4.78, 5) is 38.1. The number of para-hydroxylation sites is 1.